The lowest BCUT2D eigenvalue weighted by atomic mass is 9.79. The number of carbonyl (C=O) groups is 1. The predicted molar refractivity (Wildman–Crippen MR) is 96.3 cm³/mol. The molecule has 1 aromatic rings. The van der Waals surface area contributed by atoms with Crippen LogP contribution in [0.2, 0.25) is 0 Å². The molecule has 1 aliphatic rings. The highest BCUT2D eigenvalue weighted by Crippen LogP contribution is 2.35. The molecule has 1 fully saturated rings. The Bertz CT molecular complexity index is 532. The van der Waals surface area contributed by atoms with Gasteiger partial charge >= 0.3 is 0 Å². The van der Waals surface area contributed by atoms with Gasteiger partial charge in [-0.3, -0.25) is 9.69 Å². The molecule has 4 nitrogen and oxygen atoms in total. The van der Waals surface area contributed by atoms with Gasteiger partial charge < -0.3 is 9.64 Å². The molecule has 0 bridgehead atoms. The molecule has 0 radical (unpaired) electrons. The van der Waals surface area contributed by atoms with Gasteiger partial charge in [0, 0.05) is 38.8 Å². The molecule has 1 heterocycles. The van der Waals surface area contributed by atoms with Gasteiger partial charge in [-0.1, -0.05) is 28.1 Å². The van der Waals surface area contributed by atoms with E-state index in [1.165, 1.54) is 5.56 Å². The van der Waals surface area contributed by atoms with Gasteiger partial charge in [0.05, 0.1) is 11.5 Å². The average Bonchev–Trinajstić information content (AvgIpc) is 2.69. The quantitative estimate of drug-likeness (QED) is 0.801. The van der Waals surface area contributed by atoms with Crippen LogP contribution in [0.15, 0.2) is 28.7 Å². The molecule has 0 unspecified atom stereocenters. The number of carbonyl (C=O) groups excluding carboxylic acids is 1. The van der Waals surface area contributed by atoms with Crippen LogP contribution in [0.4, 0.5) is 0 Å². The van der Waals surface area contributed by atoms with Gasteiger partial charge in [-0.15, -0.1) is 0 Å². The van der Waals surface area contributed by atoms with Gasteiger partial charge in [0.15, 0.2) is 0 Å². The summed E-state index contributed by atoms with van der Waals surface area (Å²) in [6, 6.07) is 8.44. The number of benzene rings is 1. The van der Waals surface area contributed by atoms with Gasteiger partial charge in [0.25, 0.3) is 0 Å². The first-order valence-corrected chi connectivity index (χ1v) is 8.87. The number of likely N-dealkylation sites (tertiary alicyclic amines) is 1. The Labute approximate surface area is 147 Å². The zero-order chi connectivity index (χ0) is 17.0. The second kappa shape index (κ2) is 7.77. The Balaban J connectivity index is 2.09. The summed E-state index contributed by atoms with van der Waals surface area (Å²) in [6.45, 7) is 4.82. The van der Waals surface area contributed by atoms with Crippen LogP contribution in [-0.4, -0.2) is 56.1 Å². The maximum Gasteiger partial charge on any atom is 0.230 e. The molecule has 0 saturated carbocycles. The number of nitrogens with zero attached hydrogens (tertiary/aromatic N) is 2. The Kier molecular flexibility index (Phi) is 6.23. The third-order valence-corrected chi connectivity index (χ3v) is 5.39. The summed E-state index contributed by atoms with van der Waals surface area (Å²) in [7, 11) is 5.37. The number of ether oxygens (including phenoxy) is 1. The van der Waals surface area contributed by atoms with E-state index in [1.807, 2.05) is 21.0 Å². The van der Waals surface area contributed by atoms with E-state index in [1.54, 1.807) is 12.0 Å². The molecule has 1 saturated heterocycles. The summed E-state index contributed by atoms with van der Waals surface area (Å²) in [4.78, 5) is 16.8. The van der Waals surface area contributed by atoms with Crippen LogP contribution in [0, 0.1) is 5.41 Å². The topological polar surface area (TPSA) is 32.8 Å². The Hall–Kier alpha value is -0.910. The SMILES string of the molecule is CO[C@@H]1CCN(Cc2ccc(Br)cc2)CC[C@]1(C)C(=O)N(C)C. The molecule has 2 rings (SSSR count). The Morgan fingerprint density at radius 2 is 2.00 bits per heavy atom. The second-order valence-corrected chi connectivity index (χ2v) is 7.70. The van der Waals surface area contributed by atoms with E-state index in [0.29, 0.717) is 0 Å². The fraction of sp³-hybridized carbons (Fsp3) is 0.611. The molecular weight excluding hydrogens is 356 g/mol. The molecule has 0 aromatic heterocycles. The second-order valence-electron chi connectivity index (χ2n) is 6.78. The molecule has 1 aliphatic heterocycles. The van der Waals surface area contributed by atoms with Crippen LogP contribution < -0.4 is 0 Å². The van der Waals surface area contributed by atoms with Crippen molar-refractivity contribution in [1.82, 2.24) is 9.80 Å². The standard InChI is InChI=1S/C18H27BrN2O2/c1-18(17(22)20(2)3)10-12-21(11-9-16(18)23-4)13-14-5-7-15(19)8-6-14/h5-8,16H,9-13H2,1-4H3/t16-,18+/m1/s1. The summed E-state index contributed by atoms with van der Waals surface area (Å²) < 4.78 is 6.79. The van der Waals surface area contributed by atoms with Crippen LogP contribution in [-0.2, 0) is 16.1 Å². The molecule has 1 aromatic carbocycles. The van der Waals surface area contributed by atoms with Crippen molar-refractivity contribution < 1.29 is 9.53 Å². The highest BCUT2D eigenvalue weighted by molar-refractivity contribution is 9.10. The summed E-state index contributed by atoms with van der Waals surface area (Å²) in [5.41, 5.74) is 0.844. The normalized spacial score (nSPS) is 25.9. The lowest BCUT2D eigenvalue weighted by molar-refractivity contribution is -0.147. The van der Waals surface area contributed by atoms with E-state index in [0.717, 1.165) is 36.9 Å². The van der Waals surface area contributed by atoms with Crippen molar-refractivity contribution in [3.8, 4) is 0 Å². The number of halogens is 1. The molecule has 2 atom stereocenters. The van der Waals surface area contributed by atoms with Gasteiger partial charge in [-0.25, -0.2) is 0 Å². The Morgan fingerprint density at radius 1 is 1.35 bits per heavy atom. The van der Waals surface area contributed by atoms with Gasteiger partial charge in [0.2, 0.25) is 5.91 Å². The number of hydrogen-bond acceptors (Lipinski definition) is 3. The molecular formula is C18H27BrN2O2. The summed E-state index contributed by atoms with van der Waals surface area (Å²) in [5, 5.41) is 0. The smallest absolute Gasteiger partial charge is 0.230 e. The fourth-order valence-corrected chi connectivity index (χ4v) is 3.69. The average molecular weight is 383 g/mol. The highest BCUT2D eigenvalue weighted by Gasteiger charge is 2.44. The van der Waals surface area contributed by atoms with Crippen molar-refractivity contribution in [2.24, 2.45) is 5.41 Å². The van der Waals surface area contributed by atoms with Crippen molar-refractivity contribution in [2.45, 2.75) is 32.4 Å². The minimum Gasteiger partial charge on any atom is -0.380 e. The monoisotopic (exact) mass is 382 g/mol. The first kappa shape index (κ1) is 18.4. The summed E-state index contributed by atoms with van der Waals surface area (Å²) >= 11 is 3.47. The van der Waals surface area contributed by atoms with E-state index in [4.69, 9.17) is 4.74 Å². The molecule has 1 amide bonds. The predicted octanol–water partition coefficient (Wildman–Crippen LogP) is 3.15. The number of hydrogen-bond donors (Lipinski definition) is 0. The molecule has 128 valence electrons. The lowest BCUT2D eigenvalue weighted by Crippen LogP contribution is -2.47. The van der Waals surface area contributed by atoms with Crippen LogP contribution in [0.25, 0.3) is 0 Å². The third kappa shape index (κ3) is 4.34. The summed E-state index contributed by atoms with van der Waals surface area (Å²) in [6.07, 6.45) is 1.66. The third-order valence-electron chi connectivity index (χ3n) is 4.86. The fourth-order valence-electron chi connectivity index (χ4n) is 3.42. The molecule has 5 heteroatoms. The van der Waals surface area contributed by atoms with E-state index in [2.05, 4.69) is 45.1 Å². The highest BCUT2D eigenvalue weighted by atomic mass is 79.9. The van der Waals surface area contributed by atoms with Crippen molar-refractivity contribution in [3.63, 3.8) is 0 Å². The number of rotatable bonds is 4. The molecule has 0 N–H and O–H groups in total. The van der Waals surface area contributed by atoms with E-state index < -0.39 is 5.41 Å². The largest absolute Gasteiger partial charge is 0.380 e. The van der Waals surface area contributed by atoms with Gasteiger partial charge in [-0.2, -0.15) is 0 Å². The van der Waals surface area contributed by atoms with Crippen molar-refractivity contribution in [1.29, 1.82) is 0 Å². The molecule has 0 spiro atoms. The minimum atomic E-state index is -0.452. The van der Waals surface area contributed by atoms with Crippen molar-refractivity contribution in [3.05, 3.63) is 34.3 Å². The van der Waals surface area contributed by atoms with Crippen LogP contribution in [0.5, 0.6) is 0 Å². The number of amides is 1. The van der Waals surface area contributed by atoms with Gasteiger partial charge in [0.1, 0.15) is 0 Å². The maximum atomic E-state index is 12.7. The first-order valence-electron chi connectivity index (χ1n) is 8.08. The summed E-state index contributed by atoms with van der Waals surface area (Å²) in [5.74, 6) is 0.162. The van der Waals surface area contributed by atoms with Gasteiger partial charge in [-0.05, 0) is 44.0 Å². The zero-order valence-corrected chi connectivity index (χ0v) is 16.1. The number of methoxy groups -OCH3 is 1. The Morgan fingerprint density at radius 3 is 2.57 bits per heavy atom. The maximum absolute atomic E-state index is 12.7. The molecule has 23 heavy (non-hydrogen) atoms. The van der Waals surface area contributed by atoms with E-state index >= 15 is 0 Å². The zero-order valence-electron chi connectivity index (χ0n) is 14.5. The van der Waals surface area contributed by atoms with E-state index in [9.17, 15) is 4.79 Å². The van der Waals surface area contributed by atoms with Crippen molar-refractivity contribution >= 4 is 21.8 Å². The van der Waals surface area contributed by atoms with Crippen LogP contribution in [0.3, 0.4) is 0 Å². The molecule has 0 aliphatic carbocycles. The minimum absolute atomic E-state index is 0.0349. The van der Waals surface area contributed by atoms with Crippen molar-refractivity contribution in [2.75, 3.05) is 34.3 Å². The van der Waals surface area contributed by atoms with Crippen LogP contribution >= 0.6 is 15.9 Å². The first-order chi connectivity index (χ1) is 10.9. The van der Waals surface area contributed by atoms with E-state index in [-0.39, 0.29) is 12.0 Å². The van der Waals surface area contributed by atoms with Crippen LogP contribution in [0.1, 0.15) is 25.3 Å². The lowest BCUT2D eigenvalue weighted by Gasteiger charge is -2.35.